The van der Waals surface area contributed by atoms with Gasteiger partial charge in [-0.2, -0.15) is 5.10 Å². The molecule has 3 fully saturated rings. The van der Waals surface area contributed by atoms with E-state index in [2.05, 4.69) is 26.3 Å². The summed E-state index contributed by atoms with van der Waals surface area (Å²) in [4.78, 5) is 55.9. The highest BCUT2D eigenvalue weighted by Gasteiger charge is 2.46. The molecule has 3 saturated heterocycles. The van der Waals surface area contributed by atoms with Crippen molar-refractivity contribution in [2.75, 3.05) is 45.3 Å². The summed E-state index contributed by atoms with van der Waals surface area (Å²) < 4.78 is 13.0. The van der Waals surface area contributed by atoms with Gasteiger partial charge < -0.3 is 19.3 Å². The lowest BCUT2D eigenvalue weighted by Crippen LogP contribution is -2.60. The molecule has 0 bridgehead atoms. The van der Waals surface area contributed by atoms with E-state index in [1.54, 1.807) is 39.2 Å². The number of anilines is 1. The van der Waals surface area contributed by atoms with Crippen LogP contribution in [0.5, 0.6) is 11.5 Å². The number of likely N-dealkylation sites (tertiary alicyclic amines) is 1. The van der Waals surface area contributed by atoms with Crippen LogP contribution in [0.1, 0.15) is 52.7 Å². The van der Waals surface area contributed by atoms with Crippen LogP contribution in [0.3, 0.4) is 0 Å². The molecule has 1 aromatic heterocycles. The number of ether oxygens (including phenoxy) is 2. The summed E-state index contributed by atoms with van der Waals surface area (Å²) in [6.07, 6.45) is 2.75. The first-order valence-corrected chi connectivity index (χ1v) is 16.1. The van der Waals surface area contributed by atoms with Crippen LogP contribution >= 0.6 is 0 Å². The molecule has 0 radical (unpaired) electrons. The van der Waals surface area contributed by atoms with Crippen molar-refractivity contribution in [3.8, 4) is 22.8 Å². The number of hydrogen-bond donors (Lipinski definition) is 1. The van der Waals surface area contributed by atoms with Gasteiger partial charge in [0.2, 0.25) is 11.8 Å². The smallest absolute Gasteiger partial charge is 0.269 e. The minimum absolute atomic E-state index is 0.123. The molecule has 5 heterocycles. The zero-order chi connectivity index (χ0) is 33.0. The second-order valence-electron chi connectivity index (χ2n) is 13.4. The van der Waals surface area contributed by atoms with Gasteiger partial charge in [-0.3, -0.25) is 29.4 Å². The average molecular weight is 641 g/mol. The van der Waals surface area contributed by atoms with Gasteiger partial charge in [-0.05, 0) is 75.2 Å². The van der Waals surface area contributed by atoms with Crippen molar-refractivity contribution in [3.63, 3.8) is 0 Å². The number of hydrogen-bond acceptors (Lipinski definition) is 9. The van der Waals surface area contributed by atoms with E-state index < -0.39 is 6.04 Å². The normalized spacial score (nSPS) is 20.7. The molecule has 3 aromatic rings. The lowest BCUT2D eigenvalue weighted by Gasteiger charge is -2.55. The van der Waals surface area contributed by atoms with Crippen LogP contribution in [0.2, 0.25) is 0 Å². The topological polar surface area (TPSA) is 126 Å². The maximum Gasteiger partial charge on any atom is 0.269 e. The summed E-state index contributed by atoms with van der Waals surface area (Å²) in [6.45, 7) is 6.66. The summed E-state index contributed by atoms with van der Waals surface area (Å²) in [5.74, 6) is 0.645. The van der Waals surface area contributed by atoms with E-state index in [1.165, 1.54) is 4.68 Å². The number of aromatic nitrogens is 2. The molecular weight excluding hydrogens is 600 g/mol. The molecule has 1 atom stereocenters. The summed E-state index contributed by atoms with van der Waals surface area (Å²) in [6, 6.07) is 11.2. The van der Waals surface area contributed by atoms with Gasteiger partial charge in [-0.1, -0.05) is 6.07 Å². The van der Waals surface area contributed by atoms with Gasteiger partial charge in [0.1, 0.15) is 17.5 Å². The Labute approximate surface area is 273 Å². The van der Waals surface area contributed by atoms with Crippen LogP contribution in [0.15, 0.2) is 41.2 Å². The van der Waals surface area contributed by atoms with Crippen LogP contribution < -0.4 is 25.2 Å². The number of aryl methyl sites for hydroxylation is 2. The van der Waals surface area contributed by atoms with Crippen molar-refractivity contribution in [3.05, 3.63) is 69.0 Å². The van der Waals surface area contributed by atoms with Gasteiger partial charge in [0.15, 0.2) is 0 Å². The number of benzene rings is 2. The fourth-order valence-corrected chi connectivity index (χ4v) is 7.60. The monoisotopic (exact) mass is 640 g/mol. The molecule has 3 amide bonds. The Morgan fingerprint density at radius 1 is 0.979 bits per heavy atom. The highest BCUT2D eigenvalue weighted by molar-refractivity contribution is 6.05. The lowest BCUT2D eigenvalue weighted by molar-refractivity contribution is -0.136. The fourth-order valence-electron chi connectivity index (χ4n) is 7.60. The standard InChI is InChI=1S/C35H40N6O6/c1-21-13-27(37-38(2)33(21)44)23-14-29(46-3)26(30(15-23)47-4)18-39-11-9-35(10-12-39)19-40(20-35)24-6-5-22-17-41(34(45)25(22)16-24)28-7-8-31(42)36-32(28)43/h5-6,13-16,28H,7-12,17-20H2,1-4H3,(H,36,42,43). The summed E-state index contributed by atoms with van der Waals surface area (Å²) in [5.41, 5.74) is 5.84. The highest BCUT2D eigenvalue weighted by Crippen LogP contribution is 2.44. The minimum atomic E-state index is -0.604. The highest BCUT2D eigenvalue weighted by atomic mass is 16.5. The van der Waals surface area contributed by atoms with Gasteiger partial charge in [-0.25, -0.2) is 4.68 Å². The molecule has 12 nitrogen and oxygen atoms in total. The maximum atomic E-state index is 13.3. The SMILES string of the molecule is COc1cc(-c2cc(C)c(=O)n(C)n2)cc(OC)c1CN1CCC2(CC1)CN(c1ccc3c(c1)C(=O)N(C1CCC(=O)NC1=O)C3)C2. The first-order valence-electron chi connectivity index (χ1n) is 16.1. The quantitative estimate of drug-likeness (QED) is 0.388. The van der Waals surface area contributed by atoms with E-state index in [4.69, 9.17) is 9.47 Å². The Kier molecular flexibility index (Phi) is 7.78. The zero-order valence-corrected chi connectivity index (χ0v) is 27.3. The fraction of sp³-hybridized carbons (Fsp3) is 0.457. The van der Waals surface area contributed by atoms with E-state index in [0.717, 1.165) is 72.9 Å². The predicted molar refractivity (Wildman–Crippen MR) is 174 cm³/mol. The second kappa shape index (κ2) is 11.8. The summed E-state index contributed by atoms with van der Waals surface area (Å²) in [5, 5.41) is 6.81. The van der Waals surface area contributed by atoms with E-state index >= 15 is 0 Å². The second-order valence-corrected chi connectivity index (χ2v) is 13.4. The Morgan fingerprint density at radius 3 is 2.32 bits per heavy atom. The van der Waals surface area contributed by atoms with Gasteiger partial charge in [0.25, 0.3) is 11.5 Å². The number of carbonyl (C=O) groups is 3. The van der Waals surface area contributed by atoms with Crippen molar-refractivity contribution < 1.29 is 23.9 Å². The van der Waals surface area contributed by atoms with Crippen molar-refractivity contribution in [1.29, 1.82) is 0 Å². The Bertz CT molecular complexity index is 1790. The third-order valence-corrected chi connectivity index (χ3v) is 10.4. The minimum Gasteiger partial charge on any atom is -0.496 e. The molecule has 12 heteroatoms. The van der Waals surface area contributed by atoms with Crippen molar-refractivity contribution >= 4 is 23.4 Å². The molecule has 1 unspecified atom stereocenters. The van der Waals surface area contributed by atoms with Crippen LogP contribution in [0, 0.1) is 12.3 Å². The van der Waals surface area contributed by atoms with E-state index in [0.29, 0.717) is 36.3 Å². The van der Waals surface area contributed by atoms with E-state index in [1.807, 2.05) is 24.3 Å². The number of nitrogens with one attached hydrogen (secondary N) is 1. The molecule has 246 valence electrons. The maximum absolute atomic E-state index is 13.3. The van der Waals surface area contributed by atoms with Crippen molar-refractivity contribution in [2.24, 2.45) is 12.5 Å². The van der Waals surface area contributed by atoms with Gasteiger partial charge in [0, 0.05) is 67.4 Å². The van der Waals surface area contributed by atoms with E-state index in [-0.39, 0.29) is 35.1 Å². The molecule has 4 aliphatic heterocycles. The molecule has 7 rings (SSSR count). The molecule has 1 N–H and O–H groups in total. The van der Waals surface area contributed by atoms with Gasteiger partial charge in [-0.15, -0.1) is 0 Å². The number of carbonyl (C=O) groups excluding carboxylic acids is 3. The lowest BCUT2D eigenvalue weighted by atomic mass is 9.71. The van der Waals surface area contributed by atoms with Gasteiger partial charge in [0.05, 0.1) is 25.5 Å². The first kappa shape index (κ1) is 30.9. The van der Waals surface area contributed by atoms with Crippen LogP contribution in [0.25, 0.3) is 11.3 Å². The number of nitrogens with zero attached hydrogens (tertiary/aromatic N) is 5. The molecule has 1 spiro atoms. The summed E-state index contributed by atoms with van der Waals surface area (Å²) in [7, 11) is 4.97. The number of fused-ring (bicyclic) bond motifs is 1. The van der Waals surface area contributed by atoms with E-state index in [9.17, 15) is 19.2 Å². The van der Waals surface area contributed by atoms with Crippen LogP contribution in [-0.2, 0) is 29.7 Å². The molecule has 0 saturated carbocycles. The van der Waals surface area contributed by atoms with Crippen LogP contribution in [0.4, 0.5) is 5.69 Å². The predicted octanol–water partition coefficient (Wildman–Crippen LogP) is 2.64. The molecular formula is C35H40N6O6. The van der Waals surface area contributed by atoms with Crippen molar-refractivity contribution in [1.82, 2.24) is 24.9 Å². The Hall–Kier alpha value is -4.71. The summed E-state index contributed by atoms with van der Waals surface area (Å²) >= 11 is 0. The molecule has 0 aliphatic carbocycles. The number of rotatable bonds is 7. The van der Waals surface area contributed by atoms with Gasteiger partial charge >= 0.3 is 0 Å². The average Bonchev–Trinajstić information content (AvgIpc) is 3.37. The van der Waals surface area contributed by atoms with Crippen LogP contribution in [-0.4, -0.2) is 83.7 Å². The molecule has 47 heavy (non-hydrogen) atoms. The number of methoxy groups -OCH3 is 2. The number of amides is 3. The zero-order valence-electron chi connectivity index (χ0n) is 27.3. The van der Waals surface area contributed by atoms with Crippen molar-refractivity contribution in [2.45, 2.75) is 51.7 Å². The number of imide groups is 1. The largest absolute Gasteiger partial charge is 0.496 e. The first-order chi connectivity index (χ1) is 22.6. The third kappa shape index (κ3) is 5.54. The Balaban J connectivity index is 0.986. The third-order valence-electron chi connectivity index (χ3n) is 10.4. The molecule has 4 aliphatic rings. The molecule has 2 aromatic carbocycles. The Morgan fingerprint density at radius 2 is 1.68 bits per heavy atom. The number of piperidine rings is 2.